The summed E-state index contributed by atoms with van der Waals surface area (Å²) in [6, 6.07) is 0. The van der Waals surface area contributed by atoms with Crippen LogP contribution < -0.4 is 0 Å². The zero-order valence-electron chi connectivity index (χ0n) is 8.73. The van der Waals surface area contributed by atoms with Crippen LogP contribution in [0.5, 0.6) is 0 Å². The van der Waals surface area contributed by atoms with Gasteiger partial charge in [0.2, 0.25) is 0 Å². The molecule has 1 heterocycles. The number of hydrogen-bond acceptors (Lipinski definition) is 4. The van der Waals surface area contributed by atoms with E-state index >= 15 is 0 Å². The zero-order valence-corrected chi connectivity index (χ0v) is 8.73. The van der Waals surface area contributed by atoms with Gasteiger partial charge in [0.15, 0.2) is 0 Å². The number of unbranched alkanes of at least 4 members (excludes halogenated alkanes) is 2. The highest BCUT2D eigenvalue weighted by molar-refractivity contribution is 6.13. The Bertz CT molecular complexity index is 287. The first-order valence-electron chi connectivity index (χ1n) is 5.16. The van der Waals surface area contributed by atoms with E-state index in [1.807, 2.05) is 6.92 Å². The van der Waals surface area contributed by atoms with Crippen LogP contribution in [0.15, 0.2) is 0 Å². The number of nitrogens with zero attached hydrogens (tertiary/aromatic N) is 1. The second-order valence-corrected chi connectivity index (χ2v) is 3.72. The number of hydrogen-bond donors (Lipinski definition) is 1. The minimum absolute atomic E-state index is 0.0579. The molecule has 1 rings (SSSR count). The van der Waals surface area contributed by atoms with Crippen molar-refractivity contribution >= 4 is 17.6 Å². The third-order valence-corrected chi connectivity index (χ3v) is 2.54. The first-order valence-corrected chi connectivity index (χ1v) is 5.16. The number of rotatable bonds is 5. The smallest absolute Gasteiger partial charge is 0.264 e. The Hall–Kier alpha value is -1.23. The van der Waals surface area contributed by atoms with Gasteiger partial charge in [-0.2, -0.15) is 5.06 Å². The minimum Gasteiger partial charge on any atom is -0.299 e. The average Bonchev–Trinajstić information content (AvgIpc) is 2.46. The maximum Gasteiger partial charge on any atom is 0.264 e. The summed E-state index contributed by atoms with van der Waals surface area (Å²) >= 11 is 0. The second-order valence-electron chi connectivity index (χ2n) is 3.72. The van der Waals surface area contributed by atoms with Crippen LogP contribution in [0, 0.1) is 5.92 Å². The van der Waals surface area contributed by atoms with E-state index in [2.05, 4.69) is 0 Å². The fourth-order valence-electron chi connectivity index (χ4n) is 1.59. The summed E-state index contributed by atoms with van der Waals surface area (Å²) in [5.41, 5.74) is 0. The molecule has 1 atom stereocenters. The van der Waals surface area contributed by atoms with E-state index in [-0.39, 0.29) is 17.3 Å². The lowest BCUT2D eigenvalue weighted by Gasteiger charge is -2.05. The molecule has 1 unspecified atom stereocenters. The Balaban J connectivity index is 2.47. The summed E-state index contributed by atoms with van der Waals surface area (Å²) in [6.45, 7) is 2.02. The lowest BCUT2D eigenvalue weighted by molar-refractivity contribution is -0.172. The highest BCUT2D eigenvalue weighted by Crippen LogP contribution is 2.20. The second kappa shape index (κ2) is 5.02. The normalized spacial score (nSPS) is 21.2. The molecule has 0 aromatic rings. The molecule has 1 fully saturated rings. The molecule has 5 heteroatoms. The van der Waals surface area contributed by atoms with Gasteiger partial charge in [0.05, 0.1) is 0 Å². The summed E-state index contributed by atoms with van der Waals surface area (Å²) in [7, 11) is 0. The Morgan fingerprint density at radius 1 is 1.47 bits per heavy atom. The van der Waals surface area contributed by atoms with E-state index < -0.39 is 17.7 Å². The quantitative estimate of drug-likeness (QED) is 0.318. The van der Waals surface area contributed by atoms with Gasteiger partial charge < -0.3 is 0 Å². The zero-order chi connectivity index (χ0) is 11.4. The van der Waals surface area contributed by atoms with Gasteiger partial charge in [-0.05, 0) is 6.42 Å². The third kappa shape index (κ3) is 2.62. The summed E-state index contributed by atoms with van der Waals surface area (Å²) in [5.74, 6) is -2.65. The van der Waals surface area contributed by atoms with Gasteiger partial charge in [-0.1, -0.05) is 19.8 Å². The van der Waals surface area contributed by atoms with Crippen molar-refractivity contribution in [3.8, 4) is 0 Å². The largest absolute Gasteiger partial charge is 0.299 e. The Morgan fingerprint density at radius 3 is 2.60 bits per heavy atom. The van der Waals surface area contributed by atoms with Crippen LogP contribution in [-0.2, 0) is 14.4 Å². The van der Waals surface area contributed by atoms with Crippen LogP contribution in [-0.4, -0.2) is 27.9 Å². The lowest BCUT2D eigenvalue weighted by Crippen LogP contribution is -2.29. The maximum absolute atomic E-state index is 11.5. The molecule has 0 aromatic carbocycles. The Labute approximate surface area is 88.0 Å². The van der Waals surface area contributed by atoms with Crippen LogP contribution in [0.25, 0.3) is 0 Å². The molecular weight excluding hydrogens is 198 g/mol. The Morgan fingerprint density at radius 2 is 2.13 bits per heavy atom. The van der Waals surface area contributed by atoms with Crippen molar-refractivity contribution in [3.63, 3.8) is 0 Å². The summed E-state index contributed by atoms with van der Waals surface area (Å²) in [6.07, 6.45) is 2.80. The number of imide groups is 1. The van der Waals surface area contributed by atoms with E-state index in [4.69, 9.17) is 5.21 Å². The van der Waals surface area contributed by atoms with E-state index in [0.29, 0.717) is 6.42 Å². The highest BCUT2D eigenvalue weighted by Gasteiger charge is 2.41. The van der Waals surface area contributed by atoms with Crippen molar-refractivity contribution in [3.05, 3.63) is 0 Å². The number of amides is 2. The monoisotopic (exact) mass is 213 g/mol. The minimum atomic E-state index is -0.945. The molecular formula is C10H15NO4. The van der Waals surface area contributed by atoms with Gasteiger partial charge in [-0.3, -0.25) is 19.6 Å². The van der Waals surface area contributed by atoms with Crippen LogP contribution in [0.2, 0.25) is 0 Å². The van der Waals surface area contributed by atoms with Gasteiger partial charge in [-0.15, -0.1) is 0 Å². The summed E-state index contributed by atoms with van der Waals surface area (Å²) in [4.78, 5) is 33.7. The standard InChI is InChI=1S/C10H15NO4/c1-2-3-4-5-8(12)7-6-9(13)11(15)10(7)14/h7,15H,2-6H2,1H3. The molecule has 5 nitrogen and oxygen atoms in total. The Kier molecular flexibility index (Phi) is 3.96. The first kappa shape index (κ1) is 11.8. The molecule has 84 valence electrons. The predicted molar refractivity (Wildman–Crippen MR) is 50.9 cm³/mol. The van der Waals surface area contributed by atoms with Gasteiger partial charge in [-0.25, -0.2) is 0 Å². The lowest BCUT2D eigenvalue weighted by atomic mass is 9.98. The molecule has 0 spiro atoms. The predicted octanol–water partition coefficient (Wildman–Crippen LogP) is 0.900. The fraction of sp³-hybridized carbons (Fsp3) is 0.700. The van der Waals surface area contributed by atoms with Crippen molar-refractivity contribution < 1.29 is 19.6 Å². The average molecular weight is 213 g/mol. The third-order valence-electron chi connectivity index (χ3n) is 2.54. The molecule has 0 bridgehead atoms. The van der Waals surface area contributed by atoms with Crippen LogP contribution in [0.4, 0.5) is 0 Å². The molecule has 15 heavy (non-hydrogen) atoms. The van der Waals surface area contributed by atoms with Crippen molar-refractivity contribution in [2.45, 2.75) is 39.0 Å². The maximum atomic E-state index is 11.5. The number of carbonyl (C=O) groups is 3. The number of carbonyl (C=O) groups excluding carboxylic acids is 3. The van der Waals surface area contributed by atoms with Crippen molar-refractivity contribution in [1.82, 2.24) is 5.06 Å². The number of hydroxylamine groups is 2. The molecule has 0 aromatic heterocycles. The van der Waals surface area contributed by atoms with Gasteiger partial charge >= 0.3 is 0 Å². The highest BCUT2D eigenvalue weighted by atomic mass is 16.5. The molecule has 1 N–H and O–H groups in total. The van der Waals surface area contributed by atoms with Crippen molar-refractivity contribution in [1.29, 1.82) is 0 Å². The van der Waals surface area contributed by atoms with Gasteiger partial charge in [0.1, 0.15) is 11.7 Å². The molecule has 0 radical (unpaired) electrons. The van der Waals surface area contributed by atoms with Gasteiger partial charge in [0, 0.05) is 12.8 Å². The first-order chi connectivity index (χ1) is 7.07. The molecule has 1 aliphatic rings. The SMILES string of the molecule is CCCCCC(=O)C1CC(=O)N(O)C1=O. The molecule has 1 saturated heterocycles. The molecule has 2 amide bonds. The van der Waals surface area contributed by atoms with Crippen molar-refractivity contribution in [2.75, 3.05) is 0 Å². The van der Waals surface area contributed by atoms with E-state index in [0.717, 1.165) is 19.3 Å². The van der Waals surface area contributed by atoms with Gasteiger partial charge in [0.25, 0.3) is 11.8 Å². The summed E-state index contributed by atoms with van der Waals surface area (Å²) < 4.78 is 0. The van der Waals surface area contributed by atoms with Crippen LogP contribution in [0.1, 0.15) is 39.0 Å². The van der Waals surface area contributed by atoms with E-state index in [1.165, 1.54) is 0 Å². The molecule has 0 saturated carbocycles. The number of Topliss-reactive ketones (excluding diaryl/α,β-unsaturated/α-hetero) is 1. The van der Waals surface area contributed by atoms with Crippen LogP contribution in [0.3, 0.4) is 0 Å². The van der Waals surface area contributed by atoms with Crippen LogP contribution >= 0.6 is 0 Å². The summed E-state index contributed by atoms with van der Waals surface area (Å²) in [5, 5.41) is 9.00. The fourth-order valence-corrected chi connectivity index (χ4v) is 1.59. The number of ketones is 1. The van der Waals surface area contributed by atoms with E-state index in [9.17, 15) is 14.4 Å². The topological polar surface area (TPSA) is 74.7 Å². The van der Waals surface area contributed by atoms with Crippen molar-refractivity contribution in [2.24, 2.45) is 5.92 Å². The molecule has 1 aliphatic heterocycles. The van der Waals surface area contributed by atoms with E-state index in [1.54, 1.807) is 0 Å². The molecule has 0 aliphatic carbocycles.